The van der Waals surface area contributed by atoms with E-state index < -0.39 is 0 Å². The molecule has 18 aromatic carbocycles. The quantitative estimate of drug-likeness (QED) is 0.156. The Balaban J connectivity index is 0.000000139. The molecule has 0 saturated heterocycles. The largest absolute Gasteiger partial charge is 0.455 e. The maximum Gasteiger partial charge on any atom is 0.143 e. The van der Waals surface area contributed by atoms with Crippen LogP contribution in [0.5, 0.6) is 0 Å². The van der Waals surface area contributed by atoms with Gasteiger partial charge in [-0.1, -0.05) is 224 Å². The molecule has 0 aliphatic carbocycles. The van der Waals surface area contributed by atoms with E-state index >= 15 is 0 Å². The van der Waals surface area contributed by atoms with Crippen molar-refractivity contribution in [2.24, 2.45) is 0 Å². The summed E-state index contributed by atoms with van der Waals surface area (Å²) >= 11 is 0. The number of benzene rings is 18. The lowest BCUT2D eigenvalue weighted by Gasteiger charge is -2.21. The maximum atomic E-state index is 7.08. The summed E-state index contributed by atoms with van der Waals surface area (Å²) in [7, 11) is 0. The molecule has 22 rings (SSSR count). The normalized spacial score (nSPS) is 12.5. The van der Waals surface area contributed by atoms with Gasteiger partial charge >= 0.3 is 0 Å². The van der Waals surface area contributed by atoms with Gasteiger partial charge in [-0.05, 0) is 257 Å². The third kappa shape index (κ3) is 9.75. The molecule has 0 radical (unpaired) electrons. The van der Waals surface area contributed by atoms with Gasteiger partial charge in [0.25, 0.3) is 0 Å². The lowest BCUT2D eigenvalue weighted by Crippen LogP contribution is -2.10. The number of furan rings is 4. The zero-order valence-electron chi connectivity index (χ0n) is 62.2. The standard InChI is InChI=1S/C56H38O2.C48H38O2/c1-31-13-11-14-32(2)51(31)41-29-47-54-44(28-46-40-24-22-38(26-50(40)57-55(46)47)36-19-9-6-10-20-36)42(52-33(3)15-12-16-34(52)4)30-48-53(54)43(41)27-45-39-23-21-37(25-49(39)58-56(45)48)35-17-7-5-8-18-35;1-47(2,3)33-15-7-27(8-16-33)29-11-19-35-39-23-31-14-22-38-44-32(13-21-37(43(31)44)45(39)49-41(35)25-29)24-40-36-20-12-30(26-42(36)50-46(38)40)28-9-17-34(18-10-28)48(4,5)6/h5-30H,1-4H3;7-26H,1-6H3. The van der Waals surface area contributed by atoms with Crippen LogP contribution < -0.4 is 0 Å². The molecule has 0 fully saturated rings. The molecule has 4 nitrogen and oxygen atoms in total. The molecule has 0 saturated carbocycles. The highest BCUT2D eigenvalue weighted by Gasteiger charge is 2.28. The van der Waals surface area contributed by atoms with Crippen LogP contribution >= 0.6 is 0 Å². The van der Waals surface area contributed by atoms with E-state index in [4.69, 9.17) is 17.7 Å². The third-order valence-corrected chi connectivity index (χ3v) is 23.7. The van der Waals surface area contributed by atoms with Crippen molar-refractivity contribution in [1.82, 2.24) is 0 Å². The molecule has 516 valence electrons. The molecule has 0 bridgehead atoms. The number of rotatable bonds is 6. The Bertz CT molecular complexity index is 7000. The highest BCUT2D eigenvalue weighted by atomic mass is 16.3. The van der Waals surface area contributed by atoms with Crippen molar-refractivity contribution in [3.63, 3.8) is 0 Å². The predicted octanol–water partition coefficient (Wildman–Crippen LogP) is 30.6. The smallest absolute Gasteiger partial charge is 0.143 e. The third-order valence-electron chi connectivity index (χ3n) is 23.7. The van der Waals surface area contributed by atoms with Gasteiger partial charge in [0.1, 0.15) is 44.7 Å². The second kappa shape index (κ2) is 23.4. The van der Waals surface area contributed by atoms with Gasteiger partial charge in [-0.3, -0.25) is 0 Å². The van der Waals surface area contributed by atoms with E-state index in [1.807, 2.05) is 0 Å². The molecule has 4 aromatic heterocycles. The molecule has 0 N–H and O–H groups in total. The fourth-order valence-corrected chi connectivity index (χ4v) is 18.1. The topological polar surface area (TPSA) is 52.6 Å². The van der Waals surface area contributed by atoms with Gasteiger partial charge in [0.05, 0.1) is 0 Å². The van der Waals surface area contributed by atoms with Gasteiger partial charge in [0.2, 0.25) is 0 Å². The summed E-state index contributed by atoms with van der Waals surface area (Å²) in [5.74, 6) is 0. The van der Waals surface area contributed by atoms with Crippen LogP contribution in [0, 0.1) is 27.7 Å². The zero-order valence-corrected chi connectivity index (χ0v) is 62.2. The summed E-state index contributed by atoms with van der Waals surface area (Å²) in [6.45, 7) is 22.5. The lowest BCUT2D eigenvalue weighted by molar-refractivity contribution is 0.590. The summed E-state index contributed by atoms with van der Waals surface area (Å²) < 4.78 is 27.7. The minimum absolute atomic E-state index is 0.126. The monoisotopic (exact) mass is 1390 g/mol. The van der Waals surface area contributed by atoms with Gasteiger partial charge in [-0.25, -0.2) is 0 Å². The van der Waals surface area contributed by atoms with Crippen LogP contribution in [-0.4, -0.2) is 0 Å². The minimum Gasteiger partial charge on any atom is -0.455 e. The van der Waals surface area contributed by atoms with Gasteiger partial charge in [0, 0.05) is 86.2 Å². The molecule has 0 aliphatic rings. The zero-order chi connectivity index (χ0) is 72.9. The molecule has 0 amide bonds. The first-order valence-corrected chi connectivity index (χ1v) is 37.8. The van der Waals surface area contributed by atoms with Crippen LogP contribution in [0.1, 0.15) is 74.9 Å². The van der Waals surface area contributed by atoms with Gasteiger partial charge < -0.3 is 17.7 Å². The SMILES string of the molecule is CC(C)(C)c1ccc(-c2ccc3c(c2)oc2c3cc3ccc4c5oc6cc(-c7ccc(C(C)(C)C)cc7)ccc6c5cc5ccc2c3c54)cc1.Cc1cccc(C)c1-c1cc2c3oc4cc(-c5ccccc5)ccc4c3cc3c(-c4c(C)cccc4C)cc4c5oc6cc(-c7ccccc7)ccc6c5cc1c4c32. The minimum atomic E-state index is 0.126. The van der Waals surface area contributed by atoms with Crippen LogP contribution in [-0.2, 0) is 10.8 Å². The maximum absolute atomic E-state index is 7.08. The van der Waals surface area contributed by atoms with Crippen molar-refractivity contribution in [1.29, 1.82) is 0 Å². The molecule has 4 heteroatoms. The van der Waals surface area contributed by atoms with Crippen LogP contribution in [0.2, 0.25) is 0 Å². The van der Waals surface area contributed by atoms with E-state index in [9.17, 15) is 0 Å². The second-order valence-corrected chi connectivity index (χ2v) is 32.4. The summed E-state index contributed by atoms with van der Waals surface area (Å²) in [5, 5.41) is 23.4. The van der Waals surface area contributed by atoms with Crippen molar-refractivity contribution < 1.29 is 17.7 Å². The predicted molar refractivity (Wildman–Crippen MR) is 458 cm³/mol. The summed E-state index contributed by atoms with van der Waals surface area (Å²) in [4.78, 5) is 0. The fraction of sp³-hybridized carbons (Fsp3) is 0.115. The number of aryl methyl sites for hydroxylation is 4. The first-order chi connectivity index (χ1) is 52.4. The lowest BCUT2D eigenvalue weighted by atomic mass is 9.81. The van der Waals surface area contributed by atoms with Crippen molar-refractivity contribution >= 4 is 152 Å². The van der Waals surface area contributed by atoms with Gasteiger partial charge in [-0.15, -0.1) is 0 Å². The molecule has 0 unspecified atom stereocenters. The molecule has 0 aliphatic heterocycles. The molecular formula is C104H76O4. The van der Waals surface area contributed by atoms with Crippen molar-refractivity contribution in [3.05, 3.63) is 312 Å². The number of fused-ring (bicyclic) bond motifs is 16. The summed E-state index contributed by atoms with van der Waals surface area (Å²) in [5.41, 5.74) is 29.5. The van der Waals surface area contributed by atoms with Crippen molar-refractivity contribution in [3.8, 4) is 66.8 Å². The van der Waals surface area contributed by atoms with Crippen molar-refractivity contribution in [2.45, 2.75) is 80.1 Å². The second-order valence-electron chi connectivity index (χ2n) is 32.4. The van der Waals surface area contributed by atoms with Gasteiger partial charge in [-0.2, -0.15) is 0 Å². The van der Waals surface area contributed by atoms with Crippen LogP contribution in [0.25, 0.3) is 219 Å². The highest BCUT2D eigenvalue weighted by Crippen LogP contribution is 2.54. The van der Waals surface area contributed by atoms with Crippen molar-refractivity contribution in [2.75, 3.05) is 0 Å². The Hall–Kier alpha value is -12.8. The Kier molecular flexibility index (Phi) is 13.8. The molecule has 22 aromatic rings. The van der Waals surface area contributed by atoms with E-state index in [-0.39, 0.29) is 10.8 Å². The Labute approximate surface area is 625 Å². The van der Waals surface area contributed by atoms with E-state index in [1.54, 1.807) is 0 Å². The first-order valence-electron chi connectivity index (χ1n) is 37.8. The average molecular weight is 1390 g/mol. The van der Waals surface area contributed by atoms with E-state index in [0.29, 0.717) is 0 Å². The van der Waals surface area contributed by atoms with Crippen LogP contribution in [0.4, 0.5) is 0 Å². The summed E-state index contributed by atoms with van der Waals surface area (Å²) in [6.07, 6.45) is 0. The number of hydrogen-bond donors (Lipinski definition) is 0. The van der Waals surface area contributed by atoms with Crippen LogP contribution in [0.3, 0.4) is 0 Å². The first kappa shape index (κ1) is 63.7. The van der Waals surface area contributed by atoms with E-state index in [1.165, 1.54) is 121 Å². The van der Waals surface area contributed by atoms with Crippen LogP contribution in [0.15, 0.2) is 297 Å². The Morgan fingerprint density at radius 1 is 0.204 bits per heavy atom. The Morgan fingerprint density at radius 2 is 0.491 bits per heavy atom. The molecule has 0 spiro atoms. The molecule has 108 heavy (non-hydrogen) atoms. The van der Waals surface area contributed by atoms with E-state index in [2.05, 4.69) is 348 Å². The average Bonchev–Trinajstić information content (AvgIpc) is 1.34. The van der Waals surface area contributed by atoms with E-state index in [0.717, 1.165) is 132 Å². The molecular weight excluding hydrogens is 1310 g/mol. The summed E-state index contributed by atoms with van der Waals surface area (Å²) in [6, 6.07) is 102. The Morgan fingerprint density at radius 3 is 0.815 bits per heavy atom. The molecule has 4 heterocycles. The molecule has 0 atom stereocenters. The highest BCUT2D eigenvalue weighted by molar-refractivity contribution is 6.39. The number of hydrogen-bond acceptors (Lipinski definition) is 4. The fourth-order valence-electron chi connectivity index (χ4n) is 18.1. The van der Waals surface area contributed by atoms with Gasteiger partial charge in [0.15, 0.2) is 0 Å².